The summed E-state index contributed by atoms with van der Waals surface area (Å²) in [4.78, 5) is 16.0. The monoisotopic (exact) mass is 349 g/mol. The van der Waals surface area contributed by atoms with Crippen molar-refractivity contribution in [3.8, 4) is 0 Å². The molecule has 0 aliphatic rings. The zero-order valence-electron chi connectivity index (χ0n) is 14.3. The maximum Gasteiger partial charge on any atom is 0.224 e. The van der Waals surface area contributed by atoms with E-state index in [1.165, 1.54) is 12.1 Å². The summed E-state index contributed by atoms with van der Waals surface area (Å²) in [6, 6.07) is 17.9. The summed E-state index contributed by atoms with van der Waals surface area (Å²) in [5, 5.41) is 6.18. The highest BCUT2D eigenvalue weighted by molar-refractivity contribution is 5.78. The van der Waals surface area contributed by atoms with E-state index in [0.29, 0.717) is 19.5 Å². The molecule has 2 N–H and O–H groups in total. The standard InChI is InChI=1S/C21H20FN3O/c22-19-5-1-17(2-6-19)14-24-20-7-3-16(4-8-20)13-21(26)25-15-18-9-11-23-12-10-18/h1-12,24H,13-15H2,(H,25,26). The fourth-order valence-electron chi connectivity index (χ4n) is 2.50. The number of amides is 1. The number of carbonyl (C=O) groups is 1. The van der Waals surface area contributed by atoms with Gasteiger partial charge in [-0.05, 0) is 53.1 Å². The number of anilines is 1. The van der Waals surface area contributed by atoms with E-state index in [0.717, 1.165) is 22.4 Å². The number of nitrogens with zero attached hydrogens (tertiary/aromatic N) is 1. The molecule has 4 nitrogen and oxygen atoms in total. The predicted octanol–water partition coefficient (Wildman–Crippen LogP) is 3.69. The molecule has 0 radical (unpaired) electrons. The van der Waals surface area contributed by atoms with E-state index in [4.69, 9.17) is 0 Å². The Bertz CT molecular complexity index is 833. The number of benzene rings is 2. The molecule has 0 bridgehead atoms. The smallest absolute Gasteiger partial charge is 0.224 e. The summed E-state index contributed by atoms with van der Waals surface area (Å²) in [7, 11) is 0. The fourth-order valence-corrected chi connectivity index (χ4v) is 2.50. The molecule has 0 atom stereocenters. The zero-order chi connectivity index (χ0) is 18.2. The molecule has 132 valence electrons. The van der Waals surface area contributed by atoms with Crippen molar-refractivity contribution in [3.05, 3.63) is 95.6 Å². The van der Waals surface area contributed by atoms with Gasteiger partial charge in [-0.2, -0.15) is 0 Å². The Hall–Kier alpha value is -3.21. The third-order valence-electron chi connectivity index (χ3n) is 3.97. The van der Waals surface area contributed by atoms with Gasteiger partial charge in [0.2, 0.25) is 5.91 Å². The SMILES string of the molecule is O=C(Cc1ccc(NCc2ccc(F)cc2)cc1)NCc1ccncc1. The number of rotatable bonds is 7. The summed E-state index contributed by atoms with van der Waals surface area (Å²) in [6.45, 7) is 1.12. The number of hydrogen-bond donors (Lipinski definition) is 2. The number of aromatic nitrogens is 1. The average molecular weight is 349 g/mol. The van der Waals surface area contributed by atoms with Crippen molar-refractivity contribution in [1.82, 2.24) is 10.3 Å². The van der Waals surface area contributed by atoms with Crippen molar-refractivity contribution in [3.63, 3.8) is 0 Å². The Morgan fingerprint density at radius 3 is 2.12 bits per heavy atom. The van der Waals surface area contributed by atoms with Crippen LogP contribution in [0.2, 0.25) is 0 Å². The van der Waals surface area contributed by atoms with Gasteiger partial charge < -0.3 is 10.6 Å². The molecule has 0 aliphatic carbocycles. The molecule has 2 aromatic carbocycles. The second-order valence-corrected chi connectivity index (χ2v) is 5.99. The van der Waals surface area contributed by atoms with Gasteiger partial charge in [-0.25, -0.2) is 4.39 Å². The van der Waals surface area contributed by atoms with Crippen LogP contribution in [0, 0.1) is 5.82 Å². The molecule has 0 spiro atoms. The minimum atomic E-state index is -0.236. The van der Waals surface area contributed by atoms with Gasteiger partial charge in [0.15, 0.2) is 0 Å². The van der Waals surface area contributed by atoms with E-state index in [1.807, 2.05) is 36.4 Å². The van der Waals surface area contributed by atoms with E-state index >= 15 is 0 Å². The van der Waals surface area contributed by atoms with Gasteiger partial charge in [-0.3, -0.25) is 9.78 Å². The molecule has 3 aromatic rings. The molecule has 0 unspecified atom stereocenters. The molecule has 1 amide bonds. The van der Waals surface area contributed by atoms with Crippen molar-refractivity contribution in [2.45, 2.75) is 19.5 Å². The van der Waals surface area contributed by atoms with E-state index in [1.54, 1.807) is 24.5 Å². The Morgan fingerprint density at radius 1 is 0.808 bits per heavy atom. The maximum absolute atomic E-state index is 12.9. The summed E-state index contributed by atoms with van der Waals surface area (Å²) in [5.41, 5.74) is 3.93. The van der Waals surface area contributed by atoms with Gasteiger partial charge in [-0.1, -0.05) is 24.3 Å². The van der Waals surface area contributed by atoms with Crippen LogP contribution < -0.4 is 10.6 Å². The first kappa shape index (κ1) is 17.6. The highest BCUT2D eigenvalue weighted by Crippen LogP contribution is 2.12. The Labute approximate surface area is 152 Å². The second kappa shape index (κ2) is 8.76. The lowest BCUT2D eigenvalue weighted by Gasteiger charge is -2.08. The van der Waals surface area contributed by atoms with Gasteiger partial charge in [0, 0.05) is 31.2 Å². The number of halogens is 1. The van der Waals surface area contributed by atoms with Gasteiger partial charge in [0.05, 0.1) is 6.42 Å². The second-order valence-electron chi connectivity index (χ2n) is 5.99. The minimum Gasteiger partial charge on any atom is -0.381 e. The van der Waals surface area contributed by atoms with Crippen LogP contribution >= 0.6 is 0 Å². The lowest BCUT2D eigenvalue weighted by molar-refractivity contribution is -0.120. The molecule has 0 aliphatic heterocycles. The van der Waals surface area contributed by atoms with Crippen LogP contribution in [0.4, 0.5) is 10.1 Å². The number of pyridine rings is 1. The van der Waals surface area contributed by atoms with Gasteiger partial charge in [-0.15, -0.1) is 0 Å². The molecule has 26 heavy (non-hydrogen) atoms. The fraction of sp³-hybridized carbons (Fsp3) is 0.143. The summed E-state index contributed by atoms with van der Waals surface area (Å²) < 4.78 is 12.9. The van der Waals surface area contributed by atoms with Crippen LogP contribution in [0.25, 0.3) is 0 Å². The van der Waals surface area contributed by atoms with E-state index < -0.39 is 0 Å². The topological polar surface area (TPSA) is 54.0 Å². The largest absolute Gasteiger partial charge is 0.381 e. The third kappa shape index (κ3) is 5.41. The van der Waals surface area contributed by atoms with Crippen molar-refractivity contribution >= 4 is 11.6 Å². The average Bonchev–Trinajstić information content (AvgIpc) is 2.68. The lowest BCUT2D eigenvalue weighted by Crippen LogP contribution is -2.24. The van der Waals surface area contributed by atoms with Crippen molar-refractivity contribution in [1.29, 1.82) is 0 Å². The summed E-state index contributed by atoms with van der Waals surface area (Å²) in [5.74, 6) is -0.255. The van der Waals surface area contributed by atoms with Crippen LogP contribution in [0.15, 0.2) is 73.1 Å². The van der Waals surface area contributed by atoms with Crippen molar-refractivity contribution in [2.24, 2.45) is 0 Å². The van der Waals surface area contributed by atoms with E-state index in [-0.39, 0.29) is 11.7 Å². The van der Waals surface area contributed by atoms with Crippen LogP contribution in [-0.4, -0.2) is 10.9 Å². The van der Waals surface area contributed by atoms with Crippen molar-refractivity contribution < 1.29 is 9.18 Å². The number of nitrogens with one attached hydrogen (secondary N) is 2. The molecule has 0 fully saturated rings. The highest BCUT2D eigenvalue weighted by atomic mass is 19.1. The molecular formula is C21H20FN3O. The lowest BCUT2D eigenvalue weighted by atomic mass is 10.1. The van der Waals surface area contributed by atoms with E-state index in [9.17, 15) is 9.18 Å². The van der Waals surface area contributed by atoms with E-state index in [2.05, 4.69) is 15.6 Å². The zero-order valence-corrected chi connectivity index (χ0v) is 14.3. The summed E-state index contributed by atoms with van der Waals surface area (Å²) >= 11 is 0. The highest BCUT2D eigenvalue weighted by Gasteiger charge is 2.04. The van der Waals surface area contributed by atoms with Crippen LogP contribution in [0.5, 0.6) is 0 Å². The minimum absolute atomic E-state index is 0.0196. The van der Waals surface area contributed by atoms with Gasteiger partial charge in [0.25, 0.3) is 0 Å². The Kier molecular flexibility index (Phi) is 5.93. The molecule has 5 heteroatoms. The molecule has 3 rings (SSSR count). The van der Waals surface area contributed by atoms with Gasteiger partial charge >= 0.3 is 0 Å². The molecular weight excluding hydrogens is 329 g/mol. The first-order chi connectivity index (χ1) is 12.7. The molecule has 0 saturated carbocycles. The first-order valence-electron chi connectivity index (χ1n) is 8.42. The molecule has 1 aromatic heterocycles. The van der Waals surface area contributed by atoms with Crippen LogP contribution in [-0.2, 0) is 24.3 Å². The predicted molar refractivity (Wildman–Crippen MR) is 100.0 cm³/mol. The van der Waals surface area contributed by atoms with Crippen LogP contribution in [0.1, 0.15) is 16.7 Å². The summed E-state index contributed by atoms with van der Waals surface area (Å²) in [6.07, 6.45) is 3.75. The Morgan fingerprint density at radius 2 is 1.42 bits per heavy atom. The molecule has 0 saturated heterocycles. The normalized spacial score (nSPS) is 10.3. The van der Waals surface area contributed by atoms with Crippen LogP contribution in [0.3, 0.4) is 0 Å². The maximum atomic E-state index is 12.9. The first-order valence-corrected chi connectivity index (χ1v) is 8.42. The van der Waals surface area contributed by atoms with Gasteiger partial charge in [0.1, 0.15) is 5.82 Å². The third-order valence-corrected chi connectivity index (χ3v) is 3.97. The molecule has 1 heterocycles. The Balaban J connectivity index is 1.46. The quantitative estimate of drug-likeness (QED) is 0.684. The van der Waals surface area contributed by atoms with Crippen molar-refractivity contribution in [2.75, 3.05) is 5.32 Å². The number of hydrogen-bond acceptors (Lipinski definition) is 3. The number of carbonyl (C=O) groups excluding carboxylic acids is 1.